The maximum atomic E-state index is 13.0. The molecule has 1 fully saturated rings. The number of aromatic nitrogens is 1. The average molecular weight is 574 g/mol. The summed E-state index contributed by atoms with van der Waals surface area (Å²) in [5.41, 5.74) is 3.62. The minimum atomic E-state index is -0.974. The molecule has 4 rings (SSSR count). The van der Waals surface area contributed by atoms with Crippen LogP contribution in [0.25, 0.3) is 0 Å². The number of nitrogens with one attached hydrogen (secondary N) is 3. The fourth-order valence-corrected chi connectivity index (χ4v) is 5.21. The molecular formula is C27H32ClN5O5S. The first-order valence-corrected chi connectivity index (χ1v) is 13.6. The highest BCUT2D eigenvalue weighted by molar-refractivity contribution is 7.81. The predicted octanol–water partition coefficient (Wildman–Crippen LogP) is 3.75. The quantitative estimate of drug-likeness (QED) is 0.332. The van der Waals surface area contributed by atoms with Crippen LogP contribution in [0.2, 0.25) is 5.02 Å². The number of rotatable bonds is 9. The van der Waals surface area contributed by atoms with Gasteiger partial charge in [-0.3, -0.25) is 9.78 Å². The van der Waals surface area contributed by atoms with Crippen LogP contribution in [0.1, 0.15) is 31.4 Å². The Hall–Kier alpha value is -3.41. The first-order valence-electron chi connectivity index (χ1n) is 12.8. The number of pyridine rings is 1. The van der Waals surface area contributed by atoms with E-state index in [1.54, 1.807) is 12.4 Å². The number of ether oxygens (including phenoxy) is 2. The lowest BCUT2D eigenvalue weighted by atomic mass is 10.0. The second-order valence-electron chi connectivity index (χ2n) is 9.38. The molecule has 208 valence electrons. The second-order valence-corrected chi connectivity index (χ2v) is 10.2. The van der Waals surface area contributed by atoms with Gasteiger partial charge in [0, 0.05) is 53.7 Å². The Labute approximate surface area is 237 Å². The van der Waals surface area contributed by atoms with E-state index in [0.717, 1.165) is 22.5 Å². The molecule has 2 amide bonds. The average Bonchev–Trinajstić information content (AvgIpc) is 2.91. The van der Waals surface area contributed by atoms with Crippen molar-refractivity contribution in [1.29, 1.82) is 0 Å². The summed E-state index contributed by atoms with van der Waals surface area (Å²) in [6, 6.07) is 7.31. The van der Waals surface area contributed by atoms with Crippen LogP contribution in [0.3, 0.4) is 0 Å². The van der Waals surface area contributed by atoms with Gasteiger partial charge in [0.2, 0.25) is 0 Å². The van der Waals surface area contributed by atoms with E-state index in [4.69, 9.17) is 33.3 Å². The van der Waals surface area contributed by atoms with Crippen molar-refractivity contribution < 1.29 is 24.2 Å². The number of anilines is 1. The van der Waals surface area contributed by atoms with Crippen molar-refractivity contribution >= 4 is 46.5 Å². The van der Waals surface area contributed by atoms with Crippen molar-refractivity contribution in [2.24, 2.45) is 0 Å². The van der Waals surface area contributed by atoms with Crippen LogP contribution in [0.15, 0.2) is 47.9 Å². The number of morpholine rings is 1. The zero-order chi connectivity index (χ0) is 27.9. The SMILES string of the molecule is CCc1c(Cl)cccc1NC(=S)C1=C(NCc2ccncc2OC[C@@H]2CN(C(=O)O)CCO2)C[C@@H](C)NC1=O. The van der Waals surface area contributed by atoms with Crippen LogP contribution in [0.5, 0.6) is 5.75 Å². The fourth-order valence-electron chi connectivity index (χ4n) is 4.58. The molecule has 0 saturated carbocycles. The number of hydrogen-bond acceptors (Lipinski definition) is 7. The summed E-state index contributed by atoms with van der Waals surface area (Å²) in [5, 5.41) is 19.5. The van der Waals surface area contributed by atoms with Gasteiger partial charge in [-0.2, -0.15) is 0 Å². The third kappa shape index (κ3) is 7.17. The lowest BCUT2D eigenvalue weighted by Gasteiger charge is -2.31. The van der Waals surface area contributed by atoms with E-state index in [1.165, 1.54) is 4.90 Å². The first-order chi connectivity index (χ1) is 18.8. The summed E-state index contributed by atoms with van der Waals surface area (Å²) in [6.07, 6.45) is 3.20. The molecule has 0 radical (unpaired) electrons. The number of nitrogens with zero attached hydrogens (tertiary/aromatic N) is 2. The van der Waals surface area contributed by atoms with E-state index in [2.05, 4.69) is 20.9 Å². The second kappa shape index (κ2) is 13.1. The molecule has 1 aromatic carbocycles. The van der Waals surface area contributed by atoms with Gasteiger partial charge < -0.3 is 35.4 Å². The van der Waals surface area contributed by atoms with Crippen molar-refractivity contribution in [3.63, 3.8) is 0 Å². The summed E-state index contributed by atoms with van der Waals surface area (Å²) in [5.74, 6) is 0.293. The smallest absolute Gasteiger partial charge is 0.407 e. The van der Waals surface area contributed by atoms with E-state index >= 15 is 0 Å². The number of thiocarbonyl (C=S) groups is 1. The molecule has 0 aliphatic carbocycles. The lowest BCUT2D eigenvalue weighted by molar-refractivity contribution is -0.118. The van der Waals surface area contributed by atoms with Gasteiger partial charge in [0.15, 0.2) is 0 Å². The van der Waals surface area contributed by atoms with Gasteiger partial charge in [-0.15, -0.1) is 0 Å². The molecule has 4 N–H and O–H groups in total. The predicted molar refractivity (Wildman–Crippen MR) is 152 cm³/mol. The molecule has 1 aromatic heterocycles. The van der Waals surface area contributed by atoms with Gasteiger partial charge in [-0.05, 0) is 37.1 Å². The lowest BCUT2D eigenvalue weighted by Crippen LogP contribution is -2.47. The van der Waals surface area contributed by atoms with Crippen molar-refractivity contribution in [2.75, 3.05) is 31.6 Å². The standard InChI is InChI=1S/C27H32ClN5O5S/c1-3-19-20(28)5-4-6-21(19)32-26(39)24-22(11-16(2)31-25(24)34)30-12-17-7-8-29-13-23(17)38-15-18-14-33(27(35)36)9-10-37-18/h4-8,13,16,18,30H,3,9-12,14-15H2,1-2H3,(H,31,34)(H,32,39)(H,35,36)/t16-,18+/m1/s1. The van der Waals surface area contributed by atoms with Crippen LogP contribution in [0.4, 0.5) is 10.5 Å². The summed E-state index contributed by atoms with van der Waals surface area (Å²) in [7, 11) is 0. The molecule has 1 saturated heterocycles. The van der Waals surface area contributed by atoms with Crippen molar-refractivity contribution in [2.45, 2.75) is 45.4 Å². The molecule has 0 bridgehead atoms. The molecule has 10 nitrogen and oxygen atoms in total. The highest BCUT2D eigenvalue weighted by atomic mass is 35.5. The zero-order valence-corrected chi connectivity index (χ0v) is 23.4. The molecule has 2 aliphatic heterocycles. The third-order valence-corrected chi connectivity index (χ3v) is 7.22. The number of amides is 2. The fraction of sp³-hybridized carbons (Fsp3) is 0.407. The molecule has 2 atom stereocenters. The van der Waals surface area contributed by atoms with Gasteiger partial charge >= 0.3 is 6.09 Å². The highest BCUT2D eigenvalue weighted by Crippen LogP contribution is 2.27. The molecule has 0 unspecified atom stereocenters. The molecule has 2 aliphatic rings. The molecular weight excluding hydrogens is 542 g/mol. The van der Waals surface area contributed by atoms with Crippen molar-refractivity contribution in [3.8, 4) is 5.75 Å². The largest absolute Gasteiger partial charge is 0.489 e. The Morgan fingerprint density at radius 2 is 2.21 bits per heavy atom. The van der Waals surface area contributed by atoms with Gasteiger partial charge in [-0.25, -0.2) is 4.79 Å². The molecule has 3 heterocycles. The Morgan fingerprint density at radius 1 is 1.38 bits per heavy atom. The van der Waals surface area contributed by atoms with Gasteiger partial charge in [0.1, 0.15) is 23.4 Å². The van der Waals surface area contributed by atoms with Gasteiger partial charge in [-0.1, -0.05) is 36.8 Å². The topological polar surface area (TPSA) is 125 Å². The van der Waals surface area contributed by atoms with E-state index in [-0.39, 0.29) is 31.2 Å². The number of halogens is 1. The van der Waals surface area contributed by atoms with E-state index in [0.29, 0.717) is 53.9 Å². The maximum Gasteiger partial charge on any atom is 0.407 e. The number of carbonyl (C=O) groups excluding carboxylic acids is 1. The van der Waals surface area contributed by atoms with Crippen LogP contribution in [-0.2, 0) is 22.5 Å². The number of carboxylic acid groups (broad SMARTS) is 1. The Morgan fingerprint density at radius 3 is 2.97 bits per heavy atom. The zero-order valence-electron chi connectivity index (χ0n) is 21.8. The Kier molecular flexibility index (Phi) is 9.60. The van der Waals surface area contributed by atoms with Crippen molar-refractivity contribution in [3.05, 3.63) is 64.1 Å². The van der Waals surface area contributed by atoms with Crippen LogP contribution < -0.4 is 20.7 Å². The normalized spacial score (nSPS) is 19.4. The third-order valence-electron chi connectivity index (χ3n) is 6.56. The maximum absolute atomic E-state index is 13.0. The van der Waals surface area contributed by atoms with Gasteiger partial charge in [0.25, 0.3) is 5.91 Å². The molecule has 0 spiro atoms. The molecule has 39 heavy (non-hydrogen) atoms. The monoisotopic (exact) mass is 573 g/mol. The highest BCUT2D eigenvalue weighted by Gasteiger charge is 2.28. The summed E-state index contributed by atoms with van der Waals surface area (Å²) < 4.78 is 11.6. The minimum Gasteiger partial charge on any atom is -0.489 e. The minimum absolute atomic E-state index is 0.0716. The summed E-state index contributed by atoms with van der Waals surface area (Å²) in [6.45, 7) is 5.39. The molecule has 12 heteroatoms. The number of hydrogen-bond donors (Lipinski definition) is 4. The number of benzene rings is 1. The van der Waals surface area contributed by atoms with Crippen LogP contribution in [0, 0.1) is 0 Å². The van der Waals surface area contributed by atoms with E-state index < -0.39 is 6.09 Å². The van der Waals surface area contributed by atoms with E-state index in [1.807, 2.05) is 38.1 Å². The summed E-state index contributed by atoms with van der Waals surface area (Å²) >= 11 is 12.1. The van der Waals surface area contributed by atoms with Crippen LogP contribution in [-0.4, -0.2) is 70.4 Å². The van der Waals surface area contributed by atoms with Gasteiger partial charge in [0.05, 0.1) is 24.9 Å². The van der Waals surface area contributed by atoms with Crippen molar-refractivity contribution in [1.82, 2.24) is 20.5 Å². The first kappa shape index (κ1) is 28.6. The molecule has 2 aromatic rings. The number of carbonyl (C=O) groups is 2. The Balaban J connectivity index is 1.48. The summed E-state index contributed by atoms with van der Waals surface area (Å²) in [4.78, 5) is 30.1. The van der Waals surface area contributed by atoms with Crippen LogP contribution >= 0.6 is 23.8 Å². The van der Waals surface area contributed by atoms with E-state index in [9.17, 15) is 14.7 Å². The Bertz CT molecular complexity index is 1270.